The van der Waals surface area contributed by atoms with Crippen molar-refractivity contribution < 1.29 is 5.11 Å². The Bertz CT molecular complexity index is 243. The van der Waals surface area contributed by atoms with Crippen LogP contribution in [0.15, 0.2) is 0 Å². The molecule has 0 spiro atoms. The van der Waals surface area contributed by atoms with Gasteiger partial charge in [0.05, 0.1) is 0 Å². The van der Waals surface area contributed by atoms with E-state index in [2.05, 4.69) is 25.7 Å². The van der Waals surface area contributed by atoms with Crippen molar-refractivity contribution in [3.05, 3.63) is 0 Å². The standard InChI is InChI=1S/C15H29NO/c1-12-8-14(10-15(2,3)9-12)16-6-4-13(11-17)5-7-16/h12-14,17H,4-11H2,1-3H3/t12-,14+/m0/s1. The average molecular weight is 239 g/mol. The number of aliphatic hydroxyl groups is 1. The third-order valence-electron chi connectivity index (χ3n) is 4.79. The van der Waals surface area contributed by atoms with Gasteiger partial charge in [0.1, 0.15) is 0 Å². The molecule has 2 aliphatic rings. The van der Waals surface area contributed by atoms with Crippen molar-refractivity contribution in [1.29, 1.82) is 0 Å². The Balaban J connectivity index is 1.90. The molecule has 2 rings (SSSR count). The average Bonchev–Trinajstić information content (AvgIpc) is 2.26. The summed E-state index contributed by atoms with van der Waals surface area (Å²) in [5.41, 5.74) is 0.524. The normalized spacial score (nSPS) is 36.0. The molecule has 2 atom stereocenters. The molecule has 0 bridgehead atoms. The Morgan fingerprint density at radius 3 is 2.35 bits per heavy atom. The molecular weight excluding hydrogens is 210 g/mol. The zero-order valence-corrected chi connectivity index (χ0v) is 11.8. The molecule has 0 aromatic rings. The molecule has 2 nitrogen and oxygen atoms in total. The van der Waals surface area contributed by atoms with E-state index in [4.69, 9.17) is 0 Å². The lowest BCUT2D eigenvalue weighted by Gasteiger charge is -2.46. The summed E-state index contributed by atoms with van der Waals surface area (Å²) < 4.78 is 0. The van der Waals surface area contributed by atoms with Crippen molar-refractivity contribution in [3.8, 4) is 0 Å². The summed E-state index contributed by atoms with van der Waals surface area (Å²) in [4.78, 5) is 2.70. The molecule has 0 aromatic heterocycles. The van der Waals surface area contributed by atoms with Crippen LogP contribution in [0.5, 0.6) is 0 Å². The first-order valence-corrected chi connectivity index (χ1v) is 7.35. The molecule has 1 saturated heterocycles. The SMILES string of the molecule is C[C@H]1C[C@@H](N2CCC(CO)CC2)CC(C)(C)C1. The van der Waals surface area contributed by atoms with Gasteiger partial charge in [-0.1, -0.05) is 20.8 Å². The maximum Gasteiger partial charge on any atom is 0.0460 e. The van der Waals surface area contributed by atoms with Crippen LogP contribution in [0.4, 0.5) is 0 Å². The molecule has 100 valence electrons. The van der Waals surface area contributed by atoms with E-state index >= 15 is 0 Å². The van der Waals surface area contributed by atoms with Crippen LogP contribution in [0.2, 0.25) is 0 Å². The van der Waals surface area contributed by atoms with Crippen LogP contribution >= 0.6 is 0 Å². The van der Waals surface area contributed by atoms with Crippen LogP contribution < -0.4 is 0 Å². The van der Waals surface area contributed by atoms with E-state index in [1.165, 1.54) is 45.2 Å². The number of aliphatic hydroxyl groups excluding tert-OH is 1. The van der Waals surface area contributed by atoms with Gasteiger partial charge in [0.15, 0.2) is 0 Å². The van der Waals surface area contributed by atoms with E-state index in [9.17, 15) is 5.11 Å². The molecule has 0 radical (unpaired) electrons. The Kier molecular flexibility index (Phi) is 4.14. The first-order chi connectivity index (χ1) is 8.00. The van der Waals surface area contributed by atoms with Gasteiger partial charge in [0.2, 0.25) is 0 Å². The van der Waals surface area contributed by atoms with Crippen molar-refractivity contribution in [2.45, 2.75) is 58.9 Å². The summed E-state index contributed by atoms with van der Waals surface area (Å²) in [5.74, 6) is 1.44. The lowest BCUT2D eigenvalue weighted by Crippen LogP contribution is -2.47. The van der Waals surface area contributed by atoms with E-state index in [0.717, 1.165) is 12.0 Å². The van der Waals surface area contributed by atoms with Gasteiger partial charge in [-0.2, -0.15) is 0 Å². The highest BCUT2D eigenvalue weighted by Gasteiger charge is 2.35. The molecule has 2 fully saturated rings. The van der Waals surface area contributed by atoms with Crippen molar-refractivity contribution in [3.63, 3.8) is 0 Å². The van der Waals surface area contributed by atoms with E-state index in [0.29, 0.717) is 17.9 Å². The molecule has 1 aliphatic heterocycles. The van der Waals surface area contributed by atoms with Crippen LogP contribution in [0.25, 0.3) is 0 Å². The van der Waals surface area contributed by atoms with E-state index < -0.39 is 0 Å². The maximum atomic E-state index is 9.19. The minimum absolute atomic E-state index is 0.389. The van der Waals surface area contributed by atoms with E-state index in [1.54, 1.807) is 0 Å². The van der Waals surface area contributed by atoms with Gasteiger partial charge in [-0.3, -0.25) is 0 Å². The summed E-state index contributed by atoms with van der Waals surface area (Å²) in [5, 5.41) is 9.19. The summed E-state index contributed by atoms with van der Waals surface area (Å²) in [6, 6.07) is 0.799. The third-order valence-corrected chi connectivity index (χ3v) is 4.79. The first-order valence-electron chi connectivity index (χ1n) is 7.35. The predicted molar refractivity (Wildman–Crippen MR) is 72.0 cm³/mol. The van der Waals surface area contributed by atoms with Gasteiger partial charge >= 0.3 is 0 Å². The predicted octanol–water partition coefficient (Wildman–Crippen LogP) is 2.91. The van der Waals surface area contributed by atoms with Gasteiger partial charge in [-0.15, -0.1) is 0 Å². The monoisotopic (exact) mass is 239 g/mol. The molecule has 1 N–H and O–H groups in total. The van der Waals surface area contributed by atoms with Gasteiger partial charge in [-0.05, 0) is 62.4 Å². The Hall–Kier alpha value is -0.0800. The van der Waals surface area contributed by atoms with E-state index in [1.807, 2.05) is 0 Å². The second kappa shape index (κ2) is 5.27. The highest BCUT2D eigenvalue weighted by molar-refractivity contribution is 4.89. The molecule has 1 aliphatic carbocycles. The maximum absolute atomic E-state index is 9.19. The van der Waals surface area contributed by atoms with Gasteiger partial charge in [-0.25, -0.2) is 0 Å². The van der Waals surface area contributed by atoms with Crippen LogP contribution in [-0.2, 0) is 0 Å². The third kappa shape index (κ3) is 3.45. The smallest absolute Gasteiger partial charge is 0.0460 e. The Labute approximate surface area is 106 Å². The fraction of sp³-hybridized carbons (Fsp3) is 1.00. The number of nitrogens with zero attached hydrogens (tertiary/aromatic N) is 1. The van der Waals surface area contributed by atoms with Gasteiger partial charge in [0, 0.05) is 12.6 Å². The van der Waals surface area contributed by atoms with Crippen molar-refractivity contribution in [2.24, 2.45) is 17.3 Å². The summed E-state index contributed by atoms with van der Waals surface area (Å²) in [6.07, 6.45) is 6.52. The number of hydrogen-bond donors (Lipinski definition) is 1. The molecule has 17 heavy (non-hydrogen) atoms. The second-order valence-electron chi connectivity index (χ2n) is 7.23. The van der Waals surface area contributed by atoms with Crippen molar-refractivity contribution in [2.75, 3.05) is 19.7 Å². The van der Waals surface area contributed by atoms with Gasteiger partial charge in [0.25, 0.3) is 0 Å². The van der Waals surface area contributed by atoms with Crippen LogP contribution in [0.3, 0.4) is 0 Å². The number of piperidine rings is 1. The largest absolute Gasteiger partial charge is 0.396 e. The zero-order chi connectivity index (χ0) is 12.5. The number of likely N-dealkylation sites (tertiary alicyclic amines) is 1. The fourth-order valence-corrected chi connectivity index (χ4v) is 4.07. The minimum Gasteiger partial charge on any atom is -0.396 e. The quantitative estimate of drug-likeness (QED) is 0.801. The molecular formula is C15H29NO. The lowest BCUT2D eigenvalue weighted by molar-refractivity contribution is 0.0359. The number of hydrogen-bond acceptors (Lipinski definition) is 2. The topological polar surface area (TPSA) is 23.5 Å². The molecule has 2 heteroatoms. The zero-order valence-electron chi connectivity index (χ0n) is 11.8. The summed E-state index contributed by atoms with van der Waals surface area (Å²) in [6.45, 7) is 10.1. The lowest BCUT2D eigenvalue weighted by atomic mass is 9.70. The highest BCUT2D eigenvalue weighted by atomic mass is 16.3. The molecule has 1 heterocycles. The second-order valence-corrected chi connectivity index (χ2v) is 7.23. The van der Waals surface area contributed by atoms with Crippen molar-refractivity contribution >= 4 is 0 Å². The first kappa shape index (κ1) is 13.4. The Morgan fingerprint density at radius 1 is 1.18 bits per heavy atom. The highest BCUT2D eigenvalue weighted by Crippen LogP contribution is 2.41. The minimum atomic E-state index is 0.389. The van der Waals surface area contributed by atoms with E-state index in [-0.39, 0.29) is 0 Å². The van der Waals surface area contributed by atoms with Crippen LogP contribution in [0, 0.1) is 17.3 Å². The van der Waals surface area contributed by atoms with Gasteiger partial charge < -0.3 is 10.0 Å². The fourth-order valence-electron chi connectivity index (χ4n) is 4.07. The van der Waals surface area contributed by atoms with Crippen molar-refractivity contribution in [1.82, 2.24) is 4.90 Å². The summed E-state index contributed by atoms with van der Waals surface area (Å²) >= 11 is 0. The van der Waals surface area contributed by atoms with Crippen LogP contribution in [-0.4, -0.2) is 35.7 Å². The number of rotatable bonds is 2. The molecule has 0 unspecified atom stereocenters. The molecule has 1 saturated carbocycles. The summed E-state index contributed by atoms with van der Waals surface area (Å²) in [7, 11) is 0. The molecule has 0 aromatic carbocycles. The van der Waals surface area contributed by atoms with Crippen LogP contribution in [0.1, 0.15) is 52.9 Å². The molecule has 0 amide bonds. The Morgan fingerprint density at radius 2 is 1.82 bits per heavy atom.